The van der Waals surface area contributed by atoms with Gasteiger partial charge in [-0.1, -0.05) is 0 Å². The molecular formula is C18H15N3O2S. The van der Waals surface area contributed by atoms with Crippen molar-refractivity contribution in [3.05, 3.63) is 60.0 Å². The number of nitrogens with zero attached hydrogens (tertiary/aromatic N) is 3. The second-order valence-electron chi connectivity index (χ2n) is 5.02. The molecule has 0 saturated carbocycles. The van der Waals surface area contributed by atoms with E-state index < -0.39 is 0 Å². The van der Waals surface area contributed by atoms with E-state index in [1.54, 1.807) is 24.8 Å². The fourth-order valence-corrected chi connectivity index (χ4v) is 3.28. The topological polar surface area (TPSA) is 65.0 Å². The maximum atomic E-state index is 11.6. The Morgan fingerprint density at radius 1 is 1.04 bits per heavy atom. The molecule has 3 aromatic rings. The summed E-state index contributed by atoms with van der Waals surface area (Å²) in [5.74, 6) is -0.382. The Morgan fingerprint density at radius 2 is 1.62 bits per heavy atom. The van der Waals surface area contributed by atoms with Gasteiger partial charge in [0.25, 0.3) is 0 Å². The molecule has 0 spiro atoms. The van der Waals surface area contributed by atoms with Crippen molar-refractivity contribution in [1.82, 2.24) is 15.0 Å². The van der Waals surface area contributed by atoms with Crippen LogP contribution in [0.1, 0.15) is 11.8 Å². The monoisotopic (exact) mass is 337 g/mol. The highest BCUT2D eigenvalue weighted by Crippen LogP contribution is 2.37. The van der Waals surface area contributed by atoms with Gasteiger partial charge in [-0.3, -0.25) is 9.97 Å². The van der Waals surface area contributed by atoms with Crippen molar-refractivity contribution >= 4 is 22.9 Å². The van der Waals surface area contributed by atoms with E-state index in [-0.39, 0.29) is 5.97 Å². The molecule has 0 aliphatic rings. The van der Waals surface area contributed by atoms with Crippen LogP contribution in [0.5, 0.6) is 0 Å². The van der Waals surface area contributed by atoms with Crippen LogP contribution in [0.2, 0.25) is 0 Å². The van der Waals surface area contributed by atoms with Gasteiger partial charge in [0.15, 0.2) is 0 Å². The number of thiazole rings is 1. The zero-order chi connectivity index (χ0) is 16.9. The number of pyridine rings is 2. The Labute approximate surface area is 143 Å². The minimum absolute atomic E-state index is 0.382. The van der Waals surface area contributed by atoms with Crippen molar-refractivity contribution in [2.24, 2.45) is 0 Å². The van der Waals surface area contributed by atoms with E-state index in [0.29, 0.717) is 0 Å². The molecule has 0 N–H and O–H groups in total. The normalized spacial score (nSPS) is 11.3. The number of carbonyl (C=O) groups excluding carboxylic acids is 1. The summed E-state index contributed by atoms with van der Waals surface area (Å²) in [7, 11) is 1.37. The number of esters is 1. The summed E-state index contributed by atoms with van der Waals surface area (Å²) < 4.78 is 4.73. The zero-order valence-electron chi connectivity index (χ0n) is 13.3. The summed E-state index contributed by atoms with van der Waals surface area (Å²) in [6.45, 7) is 1.88. The first-order valence-corrected chi connectivity index (χ1v) is 8.09. The minimum Gasteiger partial charge on any atom is -0.466 e. The van der Waals surface area contributed by atoms with E-state index in [0.717, 1.165) is 32.3 Å². The summed E-state index contributed by atoms with van der Waals surface area (Å²) in [6.07, 6.45) is 8.40. The molecule has 120 valence electrons. The van der Waals surface area contributed by atoms with Crippen molar-refractivity contribution in [3.63, 3.8) is 0 Å². The largest absolute Gasteiger partial charge is 0.466 e. The summed E-state index contributed by atoms with van der Waals surface area (Å²) >= 11 is 1.53. The average Bonchev–Trinajstić information content (AvgIpc) is 3.08. The Hall–Kier alpha value is -2.86. The van der Waals surface area contributed by atoms with Crippen LogP contribution in [0.25, 0.3) is 27.4 Å². The van der Waals surface area contributed by atoms with Gasteiger partial charge >= 0.3 is 5.97 Å². The Kier molecular flexibility index (Phi) is 4.77. The average molecular weight is 337 g/mol. The van der Waals surface area contributed by atoms with Crippen LogP contribution < -0.4 is 0 Å². The zero-order valence-corrected chi connectivity index (χ0v) is 14.1. The van der Waals surface area contributed by atoms with Gasteiger partial charge in [0.2, 0.25) is 0 Å². The third-order valence-electron chi connectivity index (χ3n) is 3.40. The number of aromatic nitrogens is 3. The molecule has 0 radical (unpaired) electrons. The lowest BCUT2D eigenvalue weighted by Crippen LogP contribution is -1.95. The van der Waals surface area contributed by atoms with Crippen molar-refractivity contribution in [2.45, 2.75) is 6.92 Å². The van der Waals surface area contributed by atoms with Crippen LogP contribution in [0, 0.1) is 0 Å². The molecule has 5 nitrogen and oxygen atoms in total. The number of allylic oxidation sites excluding steroid dienone is 1. The van der Waals surface area contributed by atoms with E-state index >= 15 is 0 Å². The molecule has 24 heavy (non-hydrogen) atoms. The molecule has 0 atom stereocenters. The summed E-state index contributed by atoms with van der Waals surface area (Å²) in [5, 5.41) is 0.872. The molecule has 0 fully saturated rings. The first kappa shape index (κ1) is 16.0. The highest BCUT2D eigenvalue weighted by molar-refractivity contribution is 7.16. The lowest BCUT2D eigenvalue weighted by Gasteiger charge is -2.02. The van der Waals surface area contributed by atoms with E-state index in [1.165, 1.54) is 24.5 Å². The molecule has 3 aromatic heterocycles. The second-order valence-corrected chi connectivity index (χ2v) is 6.02. The van der Waals surface area contributed by atoms with Crippen molar-refractivity contribution in [2.75, 3.05) is 7.11 Å². The fourth-order valence-electron chi connectivity index (χ4n) is 2.21. The summed E-state index contributed by atoms with van der Waals surface area (Å²) in [5.41, 5.74) is 3.58. The molecule has 0 saturated heterocycles. The predicted molar refractivity (Wildman–Crippen MR) is 94.2 cm³/mol. The van der Waals surface area contributed by atoms with Gasteiger partial charge in [0, 0.05) is 42.0 Å². The van der Waals surface area contributed by atoms with Gasteiger partial charge < -0.3 is 4.74 Å². The second kappa shape index (κ2) is 7.14. The first-order valence-electron chi connectivity index (χ1n) is 7.27. The highest BCUT2D eigenvalue weighted by Gasteiger charge is 2.16. The van der Waals surface area contributed by atoms with Crippen LogP contribution >= 0.6 is 11.3 Å². The lowest BCUT2D eigenvalue weighted by molar-refractivity contribution is -0.134. The summed E-state index contributed by atoms with van der Waals surface area (Å²) in [4.78, 5) is 25.4. The van der Waals surface area contributed by atoms with Gasteiger partial charge in [-0.2, -0.15) is 0 Å². The number of rotatable bonds is 4. The smallest absolute Gasteiger partial charge is 0.330 e. The van der Waals surface area contributed by atoms with Crippen molar-refractivity contribution < 1.29 is 9.53 Å². The Balaban J connectivity index is 2.14. The van der Waals surface area contributed by atoms with Crippen LogP contribution in [0.15, 0.2) is 55.1 Å². The Bertz CT molecular complexity index is 874. The van der Waals surface area contributed by atoms with Crippen molar-refractivity contribution in [3.8, 4) is 21.8 Å². The molecular weight excluding hydrogens is 322 g/mol. The fraction of sp³-hybridized carbons (Fsp3) is 0.111. The maximum Gasteiger partial charge on any atom is 0.330 e. The molecule has 0 unspecified atom stereocenters. The number of hydrogen-bond acceptors (Lipinski definition) is 6. The molecule has 3 heterocycles. The van der Waals surface area contributed by atoms with E-state index in [2.05, 4.69) is 9.97 Å². The maximum absolute atomic E-state index is 11.6. The third kappa shape index (κ3) is 3.38. The van der Waals surface area contributed by atoms with E-state index in [4.69, 9.17) is 9.72 Å². The van der Waals surface area contributed by atoms with Crippen molar-refractivity contribution in [1.29, 1.82) is 0 Å². The first-order chi connectivity index (χ1) is 11.7. The molecule has 0 aliphatic carbocycles. The molecule has 0 amide bonds. The van der Waals surface area contributed by atoms with Crippen LogP contribution in [0.4, 0.5) is 0 Å². The molecule has 0 aliphatic heterocycles. The van der Waals surface area contributed by atoms with E-state index in [1.807, 2.05) is 31.2 Å². The third-order valence-corrected chi connectivity index (χ3v) is 4.64. The van der Waals surface area contributed by atoms with Gasteiger partial charge in [-0.25, -0.2) is 9.78 Å². The number of methoxy groups -OCH3 is 1. The highest BCUT2D eigenvalue weighted by atomic mass is 32.1. The molecule has 6 heteroatoms. The standard InChI is InChI=1S/C18H15N3O2S/c1-12(11-15(22)23-2)17-16(13-3-7-19-8-4-13)21-18(24-17)14-5-9-20-10-6-14/h3-11H,1-2H3/b12-11+. The van der Waals surface area contributed by atoms with Gasteiger partial charge in [-0.05, 0) is 36.8 Å². The van der Waals surface area contributed by atoms with Crippen LogP contribution in [-0.4, -0.2) is 28.0 Å². The van der Waals surface area contributed by atoms with Gasteiger partial charge in [-0.15, -0.1) is 11.3 Å². The SMILES string of the molecule is COC(=O)/C=C(\C)c1sc(-c2ccncc2)nc1-c1ccncc1. The number of hydrogen-bond donors (Lipinski definition) is 0. The summed E-state index contributed by atoms with van der Waals surface area (Å²) in [6, 6.07) is 7.64. The quantitative estimate of drug-likeness (QED) is 0.534. The molecule has 3 rings (SSSR count). The Morgan fingerprint density at radius 3 is 2.21 bits per heavy atom. The predicted octanol–water partition coefficient (Wildman–Crippen LogP) is 3.84. The molecule has 0 bridgehead atoms. The number of ether oxygens (including phenoxy) is 1. The lowest BCUT2D eigenvalue weighted by atomic mass is 10.1. The number of carbonyl (C=O) groups is 1. The van der Waals surface area contributed by atoms with Crippen LogP contribution in [0.3, 0.4) is 0 Å². The van der Waals surface area contributed by atoms with Gasteiger partial charge in [0.05, 0.1) is 17.7 Å². The minimum atomic E-state index is -0.382. The van der Waals surface area contributed by atoms with E-state index in [9.17, 15) is 4.79 Å². The van der Waals surface area contributed by atoms with Gasteiger partial charge in [0.1, 0.15) is 5.01 Å². The van der Waals surface area contributed by atoms with Crippen LogP contribution in [-0.2, 0) is 9.53 Å². The molecule has 0 aromatic carbocycles.